The number of ether oxygens (including phenoxy) is 1. The molecule has 0 spiro atoms. The fraction of sp³-hybridized carbons (Fsp3) is 0.357. The van der Waals surface area contributed by atoms with Gasteiger partial charge in [0.1, 0.15) is 11.4 Å². The van der Waals surface area contributed by atoms with Crippen molar-refractivity contribution in [1.82, 2.24) is 9.78 Å². The number of aryl methyl sites for hydroxylation is 2. The van der Waals surface area contributed by atoms with Crippen molar-refractivity contribution in [2.75, 3.05) is 12.4 Å². The van der Waals surface area contributed by atoms with Crippen LogP contribution < -0.4 is 10.1 Å². The van der Waals surface area contributed by atoms with Crippen LogP contribution in [0.15, 0.2) is 24.3 Å². The Labute approximate surface area is 122 Å². The van der Waals surface area contributed by atoms with Gasteiger partial charge >= 0.3 is 5.69 Å². The van der Waals surface area contributed by atoms with Crippen molar-refractivity contribution in [2.45, 2.75) is 19.9 Å². The molecule has 0 saturated carbocycles. The monoisotopic (exact) mass is 290 g/mol. The fourth-order valence-corrected chi connectivity index (χ4v) is 2.22. The van der Waals surface area contributed by atoms with E-state index in [2.05, 4.69) is 10.4 Å². The molecule has 0 fully saturated rings. The molecule has 0 amide bonds. The highest BCUT2D eigenvalue weighted by atomic mass is 16.6. The first-order valence-electron chi connectivity index (χ1n) is 6.64. The van der Waals surface area contributed by atoms with Crippen molar-refractivity contribution in [3.8, 4) is 5.75 Å². The smallest absolute Gasteiger partial charge is 0.333 e. The number of benzene rings is 1. The molecule has 21 heavy (non-hydrogen) atoms. The Kier molecular flexibility index (Phi) is 4.42. The third kappa shape index (κ3) is 2.96. The molecule has 7 heteroatoms. The van der Waals surface area contributed by atoms with Gasteiger partial charge in [-0.05, 0) is 12.5 Å². The van der Waals surface area contributed by atoms with Gasteiger partial charge in [0.2, 0.25) is 5.82 Å². The van der Waals surface area contributed by atoms with Crippen molar-refractivity contribution in [2.24, 2.45) is 7.05 Å². The summed E-state index contributed by atoms with van der Waals surface area (Å²) in [5.41, 5.74) is 1.44. The van der Waals surface area contributed by atoms with Crippen molar-refractivity contribution >= 4 is 11.5 Å². The van der Waals surface area contributed by atoms with E-state index in [1.165, 1.54) is 4.68 Å². The maximum absolute atomic E-state index is 11.2. The van der Waals surface area contributed by atoms with E-state index >= 15 is 0 Å². The Balaban J connectivity index is 2.28. The fourth-order valence-electron chi connectivity index (χ4n) is 2.22. The van der Waals surface area contributed by atoms with Gasteiger partial charge in [0.15, 0.2) is 0 Å². The summed E-state index contributed by atoms with van der Waals surface area (Å²) in [6.45, 7) is 2.27. The molecule has 1 heterocycles. The number of methoxy groups -OCH3 is 1. The predicted molar refractivity (Wildman–Crippen MR) is 79.6 cm³/mol. The summed E-state index contributed by atoms with van der Waals surface area (Å²) in [5, 5.41) is 18.5. The predicted octanol–water partition coefficient (Wildman–Crippen LogP) is 2.51. The Morgan fingerprint density at radius 2 is 2.14 bits per heavy atom. The van der Waals surface area contributed by atoms with E-state index in [1.807, 2.05) is 31.2 Å². The van der Waals surface area contributed by atoms with Crippen molar-refractivity contribution in [3.05, 3.63) is 45.6 Å². The highest BCUT2D eigenvalue weighted by molar-refractivity contribution is 5.60. The van der Waals surface area contributed by atoms with Gasteiger partial charge in [-0.25, -0.2) is 4.68 Å². The standard InChI is InChI=1S/C14H18N4O3/c1-4-11-13(18(19)20)14(17(2)16-11)15-9-10-7-5-6-8-12(10)21-3/h5-8,15H,4,9H2,1-3H3. The molecule has 0 aliphatic carbocycles. The summed E-state index contributed by atoms with van der Waals surface area (Å²) in [6.07, 6.45) is 0.514. The van der Waals surface area contributed by atoms with Gasteiger partial charge in [0, 0.05) is 19.2 Å². The average Bonchev–Trinajstić information content (AvgIpc) is 2.81. The van der Waals surface area contributed by atoms with Gasteiger partial charge in [-0.2, -0.15) is 5.10 Å². The van der Waals surface area contributed by atoms with E-state index in [0.29, 0.717) is 24.5 Å². The van der Waals surface area contributed by atoms with E-state index in [4.69, 9.17) is 4.74 Å². The third-order valence-corrected chi connectivity index (χ3v) is 3.25. The SMILES string of the molecule is CCc1nn(C)c(NCc2ccccc2OC)c1[N+](=O)[O-]. The zero-order valence-electron chi connectivity index (χ0n) is 12.3. The zero-order chi connectivity index (χ0) is 15.4. The summed E-state index contributed by atoms with van der Waals surface area (Å²) in [5.74, 6) is 1.15. The van der Waals surface area contributed by atoms with Gasteiger partial charge in [0.25, 0.3) is 0 Å². The molecular formula is C14H18N4O3. The first-order chi connectivity index (χ1) is 10.1. The summed E-state index contributed by atoms with van der Waals surface area (Å²) in [7, 11) is 3.29. The topological polar surface area (TPSA) is 82.2 Å². The molecule has 0 radical (unpaired) electrons. The van der Waals surface area contributed by atoms with Gasteiger partial charge in [-0.1, -0.05) is 25.1 Å². The molecule has 0 aliphatic rings. The average molecular weight is 290 g/mol. The third-order valence-electron chi connectivity index (χ3n) is 3.25. The van der Waals surface area contributed by atoms with Gasteiger partial charge in [0.05, 0.1) is 12.0 Å². The molecule has 1 aromatic heterocycles. The van der Waals surface area contributed by atoms with E-state index in [1.54, 1.807) is 14.2 Å². The van der Waals surface area contributed by atoms with Crippen LogP contribution in [0.2, 0.25) is 0 Å². The van der Waals surface area contributed by atoms with E-state index in [0.717, 1.165) is 11.3 Å². The molecule has 0 unspecified atom stereocenters. The Morgan fingerprint density at radius 3 is 2.76 bits per heavy atom. The lowest BCUT2D eigenvalue weighted by Gasteiger charge is -2.10. The van der Waals surface area contributed by atoms with Crippen molar-refractivity contribution in [1.29, 1.82) is 0 Å². The largest absolute Gasteiger partial charge is 0.496 e. The molecule has 0 atom stereocenters. The lowest BCUT2D eigenvalue weighted by molar-refractivity contribution is -0.384. The summed E-state index contributed by atoms with van der Waals surface area (Å²) < 4.78 is 6.78. The second-order valence-electron chi connectivity index (χ2n) is 4.54. The minimum absolute atomic E-state index is 0.0369. The number of nitrogens with one attached hydrogen (secondary N) is 1. The number of hydrogen-bond donors (Lipinski definition) is 1. The highest BCUT2D eigenvalue weighted by Gasteiger charge is 2.25. The normalized spacial score (nSPS) is 10.4. The van der Waals surface area contributed by atoms with E-state index < -0.39 is 4.92 Å². The van der Waals surface area contributed by atoms with Crippen LogP contribution in [0.25, 0.3) is 0 Å². The molecule has 1 N–H and O–H groups in total. The van der Waals surface area contributed by atoms with Crippen LogP contribution in [0.1, 0.15) is 18.2 Å². The molecule has 7 nitrogen and oxygen atoms in total. The molecule has 2 rings (SSSR count). The second-order valence-corrected chi connectivity index (χ2v) is 4.54. The number of hydrogen-bond acceptors (Lipinski definition) is 5. The van der Waals surface area contributed by atoms with Crippen LogP contribution >= 0.6 is 0 Å². The Bertz CT molecular complexity index is 652. The molecule has 2 aromatic rings. The first-order valence-corrected chi connectivity index (χ1v) is 6.64. The second kappa shape index (κ2) is 6.25. The van der Waals surface area contributed by atoms with Crippen LogP contribution in [-0.4, -0.2) is 21.8 Å². The van der Waals surface area contributed by atoms with Crippen LogP contribution in [0.4, 0.5) is 11.5 Å². The lowest BCUT2D eigenvalue weighted by atomic mass is 10.2. The van der Waals surface area contributed by atoms with Crippen molar-refractivity contribution < 1.29 is 9.66 Å². The lowest BCUT2D eigenvalue weighted by Crippen LogP contribution is -2.07. The molecule has 1 aromatic carbocycles. The quantitative estimate of drug-likeness (QED) is 0.653. The minimum Gasteiger partial charge on any atom is -0.496 e. The Morgan fingerprint density at radius 1 is 1.43 bits per heavy atom. The number of aromatic nitrogens is 2. The molecule has 112 valence electrons. The summed E-state index contributed by atoms with van der Waals surface area (Å²) in [6, 6.07) is 7.54. The summed E-state index contributed by atoms with van der Waals surface area (Å²) in [4.78, 5) is 10.8. The zero-order valence-corrected chi connectivity index (χ0v) is 12.3. The van der Waals surface area contributed by atoms with Crippen LogP contribution in [0.5, 0.6) is 5.75 Å². The Hall–Kier alpha value is -2.57. The maximum Gasteiger partial charge on any atom is 0.333 e. The summed E-state index contributed by atoms with van der Waals surface area (Å²) >= 11 is 0. The number of nitro groups is 1. The van der Waals surface area contributed by atoms with Crippen LogP contribution in [-0.2, 0) is 20.0 Å². The number of nitrogens with zero attached hydrogens (tertiary/aromatic N) is 3. The molecule has 0 bridgehead atoms. The molecule has 0 aliphatic heterocycles. The maximum atomic E-state index is 11.2. The van der Waals surface area contributed by atoms with E-state index in [-0.39, 0.29) is 5.69 Å². The van der Waals surface area contributed by atoms with Crippen molar-refractivity contribution in [3.63, 3.8) is 0 Å². The minimum atomic E-state index is -0.392. The van der Waals surface area contributed by atoms with Gasteiger partial charge < -0.3 is 10.1 Å². The van der Waals surface area contributed by atoms with Crippen LogP contribution in [0.3, 0.4) is 0 Å². The molecule has 0 saturated heterocycles. The van der Waals surface area contributed by atoms with Gasteiger partial charge in [-0.15, -0.1) is 0 Å². The van der Waals surface area contributed by atoms with Crippen LogP contribution in [0, 0.1) is 10.1 Å². The number of rotatable bonds is 6. The number of anilines is 1. The number of para-hydroxylation sites is 1. The van der Waals surface area contributed by atoms with Gasteiger partial charge in [-0.3, -0.25) is 10.1 Å². The first kappa shape index (κ1) is 14.8. The highest BCUT2D eigenvalue weighted by Crippen LogP contribution is 2.29. The molecular weight excluding hydrogens is 272 g/mol. The van der Waals surface area contributed by atoms with E-state index in [9.17, 15) is 10.1 Å².